The van der Waals surface area contributed by atoms with Crippen LogP contribution in [0.15, 0.2) is 24.3 Å². The number of carbonyl (C=O) groups is 3. The number of aliphatic hydroxyl groups is 4. The Labute approximate surface area is 342 Å². The molecule has 0 heterocycles. The van der Waals surface area contributed by atoms with Gasteiger partial charge in [0.05, 0.1) is 32.0 Å². The molecule has 332 valence electrons. The summed E-state index contributed by atoms with van der Waals surface area (Å²) in [5.74, 6) is -1.15. The number of Topliss-reactive ketones (excluding diaryl/α,β-unsaturated/α-hetero) is 1. The fraction of sp³-hybridized carbons (Fsp3) is 0.837. The zero-order chi connectivity index (χ0) is 42.3. The Hall–Kier alpha value is -1.96. The van der Waals surface area contributed by atoms with E-state index < -0.39 is 76.5 Å². The first-order valence-electron chi connectivity index (χ1n) is 21.8. The normalized spacial score (nSPS) is 20.0. The van der Waals surface area contributed by atoms with E-state index in [1.165, 1.54) is 51.4 Å². The van der Waals surface area contributed by atoms with Crippen molar-refractivity contribution in [1.82, 2.24) is 0 Å². The molecule has 0 radical (unpaired) electrons. The third-order valence-corrected chi connectivity index (χ3v) is 11.1. The zero-order valence-electron chi connectivity index (χ0n) is 35.2. The minimum atomic E-state index is -4.69. The number of phosphoric acid groups is 1. The summed E-state index contributed by atoms with van der Waals surface area (Å²) in [5.41, 5.74) is 0. The molecule has 1 aliphatic carbocycles. The molecule has 1 fully saturated rings. The molecule has 57 heavy (non-hydrogen) atoms. The van der Waals surface area contributed by atoms with Gasteiger partial charge in [-0.1, -0.05) is 135 Å². The first-order chi connectivity index (χ1) is 27.3. The van der Waals surface area contributed by atoms with E-state index in [2.05, 4.69) is 25.3 Å². The highest BCUT2D eigenvalue weighted by molar-refractivity contribution is 7.47. The maximum absolute atomic E-state index is 12.7. The van der Waals surface area contributed by atoms with Gasteiger partial charge in [0.2, 0.25) is 0 Å². The lowest BCUT2D eigenvalue weighted by atomic mass is 9.90. The first-order valence-corrected chi connectivity index (χ1v) is 23.2. The fourth-order valence-corrected chi connectivity index (χ4v) is 7.48. The average molecular weight is 833 g/mol. The van der Waals surface area contributed by atoms with Crippen LogP contribution in [0, 0.1) is 17.8 Å². The second-order valence-electron chi connectivity index (χ2n) is 16.0. The lowest BCUT2D eigenvalue weighted by Crippen LogP contribution is -2.29. The summed E-state index contributed by atoms with van der Waals surface area (Å²) >= 11 is 0. The third kappa shape index (κ3) is 28.2. The van der Waals surface area contributed by atoms with E-state index >= 15 is 0 Å². The van der Waals surface area contributed by atoms with Crippen molar-refractivity contribution in [2.75, 3.05) is 26.4 Å². The van der Waals surface area contributed by atoms with Gasteiger partial charge in [0.1, 0.15) is 18.5 Å². The second-order valence-corrected chi connectivity index (χ2v) is 17.4. The average Bonchev–Trinajstić information content (AvgIpc) is 3.44. The molecule has 0 aliphatic heterocycles. The molecule has 13 nitrogen and oxygen atoms in total. The molecular formula is C43H77O13P. The number of carbonyl (C=O) groups excluding carboxylic acids is 3. The SMILES string of the molecule is CCCCC[C@H](O)/C=C/[C@H]1C(=O)C[C@H](O)[C@@H]1C/C=C\CCCC(=O)O[C@H](COC(=O)CCCCCCCCCCCCCC(C)C)COP(=O)(O)OC[C@@H](O)CO. The molecule has 0 aromatic carbocycles. The van der Waals surface area contributed by atoms with Crippen LogP contribution in [0.1, 0.15) is 162 Å². The highest BCUT2D eigenvalue weighted by Crippen LogP contribution is 2.43. The zero-order valence-corrected chi connectivity index (χ0v) is 36.1. The fourth-order valence-electron chi connectivity index (χ4n) is 6.69. The highest BCUT2D eigenvalue weighted by Gasteiger charge is 2.39. The molecular weight excluding hydrogens is 755 g/mol. The maximum atomic E-state index is 12.7. The van der Waals surface area contributed by atoms with Crippen molar-refractivity contribution >= 4 is 25.5 Å². The Morgan fingerprint density at radius 1 is 0.807 bits per heavy atom. The Balaban J connectivity index is 2.49. The summed E-state index contributed by atoms with van der Waals surface area (Å²) in [6.07, 6.45) is 22.3. The Morgan fingerprint density at radius 2 is 1.40 bits per heavy atom. The van der Waals surface area contributed by atoms with Gasteiger partial charge in [-0.15, -0.1) is 0 Å². The van der Waals surface area contributed by atoms with Gasteiger partial charge >= 0.3 is 19.8 Å². The van der Waals surface area contributed by atoms with E-state index in [0.29, 0.717) is 32.1 Å². The van der Waals surface area contributed by atoms with Gasteiger partial charge in [0.15, 0.2) is 6.10 Å². The molecule has 1 aliphatic rings. The summed E-state index contributed by atoms with van der Waals surface area (Å²) in [6, 6.07) is 0. The molecule has 1 rings (SSSR count). The van der Waals surface area contributed by atoms with Crippen molar-refractivity contribution in [2.24, 2.45) is 17.8 Å². The molecule has 0 aromatic rings. The van der Waals surface area contributed by atoms with E-state index in [0.717, 1.165) is 44.4 Å². The molecule has 5 N–H and O–H groups in total. The number of rotatable bonds is 36. The summed E-state index contributed by atoms with van der Waals surface area (Å²) in [4.78, 5) is 47.7. The van der Waals surface area contributed by atoms with Gasteiger partial charge < -0.3 is 34.8 Å². The van der Waals surface area contributed by atoms with Gasteiger partial charge in [-0.3, -0.25) is 23.4 Å². The van der Waals surface area contributed by atoms with Crippen LogP contribution in [-0.2, 0) is 37.5 Å². The Morgan fingerprint density at radius 3 is 2.04 bits per heavy atom. The molecule has 14 heteroatoms. The van der Waals surface area contributed by atoms with Crippen molar-refractivity contribution in [1.29, 1.82) is 0 Å². The smallest absolute Gasteiger partial charge is 0.462 e. The second kappa shape index (κ2) is 32.8. The van der Waals surface area contributed by atoms with Crippen molar-refractivity contribution in [3.63, 3.8) is 0 Å². The summed E-state index contributed by atoms with van der Waals surface area (Å²) in [7, 11) is -4.69. The van der Waals surface area contributed by atoms with Gasteiger partial charge in [0.25, 0.3) is 0 Å². The maximum Gasteiger partial charge on any atom is 0.472 e. The number of hydrogen-bond donors (Lipinski definition) is 5. The number of allylic oxidation sites excluding steroid dienone is 3. The van der Waals surface area contributed by atoms with Gasteiger partial charge in [-0.25, -0.2) is 4.57 Å². The van der Waals surface area contributed by atoms with Crippen LogP contribution in [0.25, 0.3) is 0 Å². The molecule has 0 spiro atoms. The number of ether oxygens (including phenoxy) is 2. The number of unbranched alkanes of at least 4 members (excludes halogenated alkanes) is 13. The number of hydrogen-bond acceptors (Lipinski definition) is 12. The van der Waals surface area contributed by atoms with Crippen LogP contribution in [0.4, 0.5) is 0 Å². The summed E-state index contributed by atoms with van der Waals surface area (Å²) in [5, 5.41) is 39.1. The molecule has 0 aromatic heterocycles. The summed E-state index contributed by atoms with van der Waals surface area (Å²) < 4.78 is 32.6. The van der Waals surface area contributed by atoms with Crippen LogP contribution >= 0.6 is 7.82 Å². The standard InChI is InChI=1S/C43H77O13P/c1-4-5-17-23-35(45)27-28-39-38(40(47)29-41(39)48)24-19-15-16-21-26-43(50)56-37(33-55-57(51,52)54-31-36(46)30-44)32-53-42(49)25-20-14-12-10-8-6-7-9-11-13-18-22-34(2)3/h15,19,27-28,34-40,44-47H,4-14,16-18,20-26,29-33H2,1-3H3,(H,51,52)/b19-15-,28-27+/t35-,36-,37+,38+,39+,40-/m0/s1. The predicted molar refractivity (Wildman–Crippen MR) is 220 cm³/mol. The molecule has 0 amide bonds. The van der Waals surface area contributed by atoms with Crippen LogP contribution < -0.4 is 0 Å². The van der Waals surface area contributed by atoms with E-state index in [1.54, 1.807) is 12.2 Å². The molecule has 1 unspecified atom stereocenters. The van der Waals surface area contributed by atoms with E-state index in [-0.39, 0.29) is 31.0 Å². The number of esters is 2. The highest BCUT2D eigenvalue weighted by atomic mass is 31.2. The monoisotopic (exact) mass is 833 g/mol. The van der Waals surface area contributed by atoms with Gasteiger partial charge in [-0.2, -0.15) is 0 Å². The van der Waals surface area contributed by atoms with E-state index in [9.17, 15) is 39.2 Å². The Bertz CT molecular complexity index is 1180. The predicted octanol–water partition coefficient (Wildman–Crippen LogP) is 7.84. The van der Waals surface area contributed by atoms with Crippen molar-refractivity contribution < 1.29 is 62.8 Å². The van der Waals surface area contributed by atoms with Crippen LogP contribution in [0.5, 0.6) is 0 Å². The lowest BCUT2D eigenvalue weighted by Gasteiger charge is -2.20. The number of phosphoric ester groups is 1. The third-order valence-electron chi connectivity index (χ3n) is 10.2. The minimum Gasteiger partial charge on any atom is -0.462 e. The Kier molecular flexibility index (Phi) is 30.6. The quantitative estimate of drug-likeness (QED) is 0.0177. The lowest BCUT2D eigenvalue weighted by molar-refractivity contribution is -0.161. The topological polar surface area (TPSA) is 206 Å². The molecule has 1 saturated carbocycles. The van der Waals surface area contributed by atoms with Gasteiger partial charge in [0, 0.05) is 31.1 Å². The molecule has 0 saturated heterocycles. The van der Waals surface area contributed by atoms with Crippen molar-refractivity contribution in [2.45, 2.75) is 186 Å². The van der Waals surface area contributed by atoms with Crippen LogP contribution in [0.2, 0.25) is 0 Å². The largest absolute Gasteiger partial charge is 0.472 e. The van der Waals surface area contributed by atoms with Gasteiger partial charge in [-0.05, 0) is 38.0 Å². The van der Waals surface area contributed by atoms with E-state index in [1.807, 2.05) is 12.2 Å². The summed E-state index contributed by atoms with van der Waals surface area (Å²) in [6.45, 7) is 4.27. The van der Waals surface area contributed by atoms with Crippen molar-refractivity contribution in [3.8, 4) is 0 Å². The van der Waals surface area contributed by atoms with Crippen molar-refractivity contribution in [3.05, 3.63) is 24.3 Å². The van der Waals surface area contributed by atoms with Crippen LogP contribution in [-0.4, -0.2) is 93.9 Å². The first kappa shape index (κ1) is 53.1. The molecule has 0 bridgehead atoms. The van der Waals surface area contributed by atoms with E-state index in [4.69, 9.17) is 19.1 Å². The van der Waals surface area contributed by atoms with Crippen LogP contribution in [0.3, 0.4) is 0 Å². The molecule has 7 atom stereocenters. The number of ketones is 1. The number of aliphatic hydroxyl groups excluding tert-OH is 4. The minimum absolute atomic E-state index is 0.00507.